The Hall–Kier alpha value is -0.900. The lowest BCUT2D eigenvalue weighted by molar-refractivity contribution is -0.262. The molecule has 0 aromatic rings. The SMILES string of the molecule is C=C(C)[C@@]1(OCOCCCC)CCC(C)C(OCOCCCC)C1(O)C#CC. The van der Waals surface area contributed by atoms with E-state index in [0.717, 1.165) is 37.7 Å². The van der Waals surface area contributed by atoms with E-state index >= 15 is 0 Å². The third kappa shape index (κ3) is 6.05. The Balaban J connectivity index is 3.01. The van der Waals surface area contributed by atoms with Crippen LogP contribution in [0.2, 0.25) is 0 Å². The highest BCUT2D eigenvalue weighted by molar-refractivity contribution is 5.35. The fourth-order valence-electron chi connectivity index (χ4n) is 3.78. The number of hydrogen-bond donors (Lipinski definition) is 1. The lowest BCUT2D eigenvalue weighted by atomic mass is 9.63. The Morgan fingerprint density at radius 2 is 1.75 bits per heavy atom. The third-order valence-electron chi connectivity index (χ3n) is 5.51. The average molecular weight is 397 g/mol. The Kier molecular flexibility index (Phi) is 11.3. The van der Waals surface area contributed by atoms with Crippen LogP contribution in [0, 0.1) is 17.8 Å². The van der Waals surface area contributed by atoms with Crippen LogP contribution in [0.4, 0.5) is 0 Å². The van der Waals surface area contributed by atoms with Gasteiger partial charge in [0.1, 0.15) is 25.3 Å². The summed E-state index contributed by atoms with van der Waals surface area (Å²) in [6.45, 7) is 15.5. The third-order valence-corrected chi connectivity index (χ3v) is 5.51. The molecule has 0 saturated heterocycles. The average Bonchev–Trinajstić information content (AvgIpc) is 2.65. The molecule has 0 aromatic heterocycles. The smallest absolute Gasteiger partial charge is 0.184 e. The second-order valence-corrected chi connectivity index (χ2v) is 7.76. The summed E-state index contributed by atoms with van der Waals surface area (Å²) in [5.74, 6) is 5.99. The first-order valence-corrected chi connectivity index (χ1v) is 10.6. The maximum atomic E-state index is 11.8. The normalized spacial score (nSPS) is 29.9. The highest BCUT2D eigenvalue weighted by atomic mass is 16.7. The topological polar surface area (TPSA) is 57.2 Å². The van der Waals surface area contributed by atoms with Gasteiger partial charge >= 0.3 is 0 Å². The lowest BCUT2D eigenvalue weighted by Gasteiger charge is -2.53. The van der Waals surface area contributed by atoms with Crippen molar-refractivity contribution in [1.29, 1.82) is 0 Å². The van der Waals surface area contributed by atoms with Crippen LogP contribution >= 0.6 is 0 Å². The number of rotatable bonds is 13. The number of aliphatic hydroxyl groups is 1. The zero-order valence-electron chi connectivity index (χ0n) is 18.5. The largest absolute Gasteiger partial charge is 0.372 e. The Morgan fingerprint density at radius 3 is 2.29 bits per heavy atom. The van der Waals surface area contributed by atoms with Gasteiger partial charge in [0.05, 0.1) is 0 Å². The Labute approximate surface area is 171 Å². The summed E-state index contributed by atoms with van der Waals surface area (Å²) in [5, 5.41) is 11.8. The van der Waals surface area contributed by atoms with Crippen molar-refractivity contribution in [3.05, 3.63) is 12.2 Å². The summed E-state index contributed by atoms with van der Waals surface area (Å²) >= 11 is 0. The molecule has 0 radical (unpaired) electrons. The van der Waals surface area contributed by atoms with Gasteiger partial charge in [0.2, 0.25) is 0 Å². The highest BCUT2D eigenvalue weighted by Crippen LogP contribution is 2.47. The van der Waals surface area contributed by atoms with Crippen LogP contribution in [-0.4, -0.2) is 49.2 Å². The van der Waals surface area contributed by atoms with Gasteiger partial charge in [-0.15, -0.1) is 5.92 Å². The van der Waals surface area contributed by atoms with Crippen molar-refractivity contribution >= 4 is 0 Å². The minimum atomic E-state index is -1.52. The molecule has 28 heavy (non-hydrogen) atoms. The van der Waals surface area contributed by atoms with Crippen LogP contribution in [0.25, 0.3) is 0 Å². The van der Waals surface area contributed by atoms with E-state index in [0.29, 0.717) is 19.6 Å². The molecule has 0 aromatic carbocycles. The minimum Gasteiger partial charge on any atom is -0.372 e. The lowest BCUT2D eigenvalue weighted by Crippen LogP contribution is -2.67. The molecule has 0 heterocycles. The molecule has 1 N–H and O–H groups in total. The number of ether oxygens (including phenoxy) is 4. The van der Waals surface area contributed by atoms with Crippen LogP contribution in [0.1, 0.15) is 73.1 Å². The Morgan fingerprint density at radius 1 is 1.14 bits per heavy atom. The second kappa shape index (κ2) is 12.6. The van der Waals surface area contributed by atoms with E-state index in [1.165, 1.54) is 0 Å². The maximum absolute atomic E-state index is 11.8. The predicted molar refractivity (Wildman–Crippen MR) is 112 cm³/mol. The standard InChI is InChI=1S/C23H40O5/c1-7-10-15-25-17-27-21-20(6)12-14-23(19(4)5,22(21,24)13-9-3)28-18-26-16-11-8-2/h20-21,24H,4,7-8,10-12,14-18H2,1-3,5-6H3/t20?,21?,22?,23-/m0/s1. The summed E-state index contributed by atoms with van der Waals surface area (Å²) in [5.41, 5.74) is -1.83. The summed E-state index contributed by atoms with van der Waals surface area (Å²) in [6.07, 6.45) is 4.98. The molecule has 1 saturated carbocycles. The molecule has 5 nitrogen and oxygen atoms in total. The van der Waals surface area contributed by atoms with Crippen LogP contribution in [0.3, 0.4) is 0 Å². The molecule has 1 aliphatic rings. The van der Waals surface area contributed by atoms with Crippen LogP contribution in [0.5, 0.6) is 0 Å². The molecule has 5 heteroatoms. The van der Waals surface area contributed by atoms with Gasteiger partial charge in [-0.1, -0.05) is 46.1 Å². The quantitative estimate of drug-likeness (QED) is 0.216. The first kappa shape index (κ1) is 25.1. The molecular weight excluding hydrogens is 356 g/mol. The van der Waals surface area contributed by atoms with E-state index in [9.17, 15) is 5.11 Å². The van der Waals surface area contributed by atoms with Gasteiger partial charge in [-0.25, -0.2) is 0 Å². The Bertz CT molecular complexity index is 523. The minimum absolute atomic E-state index is 0.0919. The van der Waals surface area contributed by atoms with Gasteiger partial charge < -0.3 is 24.1 Å². The first-order valence-electron chi connectivity index (χ1n) is 10.6. The van der Waals surface area contributed by atoms with E-state index in [2.05, 4.69) is 39.2 Å². The summed E-state index contributed by atoms with van der Waals surface area (Å²) in [7, 11) is 0. The predicted octanol–water partition coefficient (Wildman–Crippen LogP) is 4.44. The van der Waals surface area contributed by atoms with Gasteiger partial charge in [0.15, 0.2) is 5.60 Å². The van der Waals surface area contributed by atoms with E-state index in [1.807, 2.05) is 6.92 Å². The van der Waals surface area contributed by atoms with Crippen LogP contribution in [-0.2, 0) is 18.9 Å². The molecule has 162 valence electrons. The molecule has 4 atom stereocenters. The van der Waals surface area contributed by atoms with Crippen molar-refractivity contribution in [2.75, 3.05) is 26.8 Å². The van der Waals surface area contributed by atoms with Crippen molar-refractivity contribution in [3.63, 3.8) is 0 Å². The molecule has 0 aliphatic heterocycles. The molecular formula is C23H40O5. The van der Waals surface area contributed by atoms with Crippen molar-refractivity contribution < 1.29 is 24.1 Å². The maximum Gasteiger partial charge on any atom is 0.184 e. The van der Waals surface area contributed by atoms with Gasteiger partial charge in [-0.05, 0) is 51.0 Å². The van der Waals surface area contributed by atoms with Gasteiger partial charge in [-0.2, -0.15) is 0 Å². The zero-order valence-corrected chi connectivity index (χ0v) is 18.5. The van der Waals surface area contributed by atoms with E-state index in [4.69, 9.17) is 18.9 Å². The van der Waals surface area contributed by atoms with Crippen molar-refractivity contribution in [3.8, 4) is 11.8 Å². The molecule has 1 rings (SSSR count). The van der Waals surface area contributed by atoms with Gasteiger partial charge in [0, 0.05) is 13.2 Å². The molecule has 3 unspecified atom stereocenters. The fraction of sp³-hybridized carbons (Fsp3) is 0.826. The van der Waals surface area contributed by atoms with Crippen LogP contribution < -0.4 is 0 Å². The van der Waals surface area contributed by atoms with Crippen LogP contribution in [0.15, 0.2) is 12.2 Å². The van der Waals surface area contributed by atoms with E-state index in [1.54, 1.807) is 6.92 Å². The first-order chi connectivity index (χ1) is 13.4. The summed E-state index contributed by atoms with van der Waals surface area (Å²) in [4.78, 5) is 0. The van der Waals surface area contributed by atoms with Gasteiger partial charge in [-0.3, -0.25) is 0 Å². The summed E-state index contributed by atoms with van der Waals surface area (Å²) < 4.78 is 23.4. The van der Waals surface area contributed by atoms with Crippen molar-refractivity contribution in [2.45, 2.75) is 90.4 Å². The number of unbranched alkanes of at least 4 members (excludes halogenated alkanes) is 2. The monoisotopic (exact) mass is 396 g/mol. The summed E-state index contributed by atoms with van der Waals surface area (Å²) in [6, 6.07) is 0. The molecule has 0 amide bonds. The molecule has 1 aliphatic carbocycles. The van der Waals surface area contributed by atoms with Gasteiger partial charge in [0.25, 0.3) is 0 Å². The molecule has 1 fully saturated rings. The molecule has 0 bridgehead atoms. The van der Waals surface area contributed by atoms with Crippen molar-refractivity contribution in [2.24, 2.45) is 5.92 Å². The second-order valence-electron chi connectivity index (χ2n) is 7.76. The van der Waals surface area contributed by atoms with Crippen molar-refractivity contribution in [1.82, 2.24) is 0 Å². The number of hydrogen-bond acceptors (Lipinski definition) is 5. The molecule has 0 spiro atoms. The van der Waals surface area contributed by atoms with E-state index in [-0.39, 0.29) is 19.5 Å². The highest BCUT2D eigenvalue weighted by Gasteiger charge is 2.61. The van der Waals surface area contributed by atoms with E-state index < -0.39 is 17.3 Å². The zero-order chi connectivity index (χ0) is 21.0. The fourth-order valence-corrected chi connectivity index (χ4v) is 3.78.